The van der Waals surface area contributed by atoms with E-state index in [2.05, 4.69) is 10.1 Å². The van der Waals surface area contributed by atoms with E-state index in [-0.39, 0.29) is 11.6 Å². The highest BCUT2D eigenvalue weighted by Gasteiger charge is 2.27. The first-order valence-corrected chi connectivity index (χ1v) is 8.11. The number of benzene rings is 1. The van der Waals surface area contributed by atoms with Crippen molar-refractivity contribution in [1.29, 1.82) is 0 Å². The number of pyridine rings is 1. The number of rotatable bonds is 6. The van der Waals surface area contributed by atoms with E-state index < -0.39 is 4.92 Å². The number of aromatic nitrogens is 2. The Labute approximate surface area is 145 Å². The lowest BCUT2D eigenvalue weighted by Gasteiger charge is -2.16. The zero-order valence-electron chi connectivity index (χ0n) is 14.2. The molecular formula is C19H19N3O3. The van der Waals surface area contributed by atoms with Crippen molar-refractivity contribution in [3.05, 3.63) is 87.1 Å². The fourth-order valence-corrected chi connectivity index (χ4v) is 3.00. The Morgan fingerprint density at radius 2 is 1.84 bits per heavy atom. The van der Waals surface area contributed by atoms with Crippen molar-refractivity contribution < 1.29 is 9.45 Å². The zero-order valence-corrected chi connectivity index (χ0v) is 14.2. The molecular weight excluding hydrogens is 318 g/mol. The second-order valence-electron chi connectivity index (χ2n) is 6.08. The van der Waals surface area contributed by atoms with Crippen molar-refractivity contribution >= 4 is 5.69 Å². The topological polar surface area (TPSA) is 82.1 Å². The Hall–Kier alpha value is -3.02. The Bertz CT molecular complexity index is 875. The minimum Gasteiger partial charge on any atom is -0.354 e. The molecule has 1 unspecified atom stereocenters. The van der Waals surface area contributed by atoms with Crippen molar-refractivity contribution in [3.8, 4) is 0 Å². The van der Waals surface area contributed by atoms with Gasteiger partial charge in [-0.2, -0.15) is 0 Å². The molecule has 6 nitrogen and oxygen atoms in total. The van der Waals surface area contributed by atoms with Gasteiger partial charge in [-0.1, -0.05) is 41.6 Å². The average molecular weight is 337 g/mol. The van der Waals surface area contributed by atoms with E-state index >= 15 is 0 Å². The third-order valence-corrected chi connectivity index (χ3v) is 4.19. The van der Waals surface area contributed by atoms with Crippen molar-refractivity contribution in [1.82, 2.24) is 10.1 Å². The molecule has 1 aromatic carbocycles. The van der Waals surface area contributed by atoms with Gasteiger partial charge in [-0.25, -0.2) is 0 Å². The van der Waals surface area contributed by atoms with Crippen molar-refractivity contribution in [3.63, 3.8) is 0 Å². The summed E-state index contributed by atoms with van der Waals surface area (Å²) in [4.78, 5) is 15.5. The molecule has 25 heavy (non-hydrogen) atoms. The van der Waals surface area contributed by atoms with Crippen LogP contribution in [0.1, 0.15) is 34.3 Å². The minimum absolute atomic E-state index is 0.0153. The third-order valence-electron chi connectivity index (χ3n) is 4.19. The van der Waals surface area contributed by atoms with E-state index in [1.807, 2.05) is 55.5 Å². The fourth-order valence-electron chi connectivity index (χ4n) is 3.00. The van der Waals surface area contributed by atoms with E-state index in [9.17, 15) is 10.1 Å². The van der Waals surface area contributed by atoms with Crippen molar-refractivity contribution in [2.45, 2.75) is 32.6 Å². The van der Waals surface area contributed by atoms with E-state index in [1.165, 1.54) is 0 Å². The fraction of sp³-hybridized carbons (Fsp3) is 0.263. The number of nitrogens with zero attached hydrogens (tertiary/aromatic N) is 3. The number of hydrogen-bond acceptors (Lipinski definition) is 5. The Balaban J connectivity index is 1.93. The van der Waals surface area contributed by atoms with Crippen LogP contribution in [0.15, 0.2) is 53.1 Å². The summed E-state index contributed by atoms with van der Waals surface area (Å²) in [6, 6.07) is 15.8. The second-order valence-corrected chi connectivity index (χ2v) is 6.08. The molecule has 6 heteroatoms. The molecule has 0 spiro atoms. The summed E-state index contributed by atoms with van der Waals surface area (Å²) in [6.45, 7) is 3.54. The highest BCUT2D eigenvalue weighted by atomic mass is 16.6. The van der Waals surface area contributed by atoms with Gasteiger partial charge in [0.2, 0.25) is 5.76 Å². The van der Waals surface area contributed by atoms with E-state index in [1.54, 1.807) is 6.92 Å². The molecule has 0 aliphatic heterocycles. The second kappa shape index (κ2) is 7.25. The molecule has 2 aromatic heterocycles. The first kappa shape index (κ1) is 16.8. The smallest absolute Gasteiger partial charge is 0.334 e. The van der Waals surface area contributed by atoms with Gasteiger partial charge in [-0.3, -0.25) is 15.1 Å². The maximum Gasteiger partial charge on any atom is 0.334 e. The molecule has 0 bridgehead atoms. The zero-order chi connectivity index (χ0) is 17.8. The number of nitro groups is 1. The summed E-state index contributed by atoms with van der Waals surface area (Å²) in [5.74, 6) is 0.325. The van der Waals surface area contributed by atoms with Gasteiger partial charge >= 0.3 is 5.69 Å². The molecule has 128 valence electrons. The molecule has 0 N–H and O–H groups in total. The van der Waals surface area contributed by atoms with Gasteiger partial charge in [-0.05, 0) is 43.9 Å². The van der Waals surface area contributed by atoms with Gasteiger partial charge < -0.3 is 4.52 Å². The van der Waals surface area contributed by atoms with Crippen LogP contribution in [0, 0.1) is 24.0 Å². The largest absolute Gasteiger partial charge is 0.354 e. The summed E-state index contributed by atoms with van der Waals surface area (Å²) >= 11 is 0. The Kier molecular flexibility index (Phi) is 4.88. The van der Waals surface area contributed by atoms with E-state index in [4.69, 9.17) is 4.52 Å². The molecule has 0 aliphatic carbocycles. The average Bonchev–Trinajstić information content (AvgIpc) is 2.96. The molecule has 0 fully saturated rings. The van der Waals surface area contributed by atoms with Crippen LogP contribution in [0.25, 0.3) is 0 Å². The van der Waals surface area contributed by atoms with Crippen molar-refractivity contribution in [2.75, 3.05) is 0 Å². The third kappa shape index (κ3) is 3.91. The lowest BCUT2D eigenvalue weighted by atomic mass is 9.89. The van der Waals surface area contributed by atoms with Crippen LogP contribution in [0.2, 0.25) is 0 Å². The van der Waals surface area contributed by atoms with Gasteiger partial charge in [0, 0.05) is 17.8 Å². The molecule has 0 saturated carbocycles. The molecule has 1 atom stereocenters. The summed E-state index contributed by atoms with van der Waals surface area (Å²) in [5.41, 5.74) is 3.27. The standard InChI is InChI=1S/C19H19N3O3/c1-13-7-6-10-17(20-13)11-16(15-8-4-3-5-9-15)12-18-19(22(23)24)14(2)21-25-18/h3-10,16H,11-12H2,1-2H3. The molecule has 0 aliphatic rings. The monoisotopic (exact) mass is 337 g/mol. The maximum atomic E-state index is 11.3. The summed E-state index contributed by atoms with van der Waals surface area (Å²) in [7, 11) is 0. The lowest BCUT2D eigenvalue weighted by molar-refractivity contribution is -0.386. The lowest BCUT2D eigenvalue weighted by Crippen LogP contribution is -2.09. The van der Waals surface area contributed by atoms with Crippen LogP contribution in [0.4, 0.5) is 5.69 Å². The molecule has 0 amide bonds. The van der Waals surface area contributed by atoms with Crippen LogP contribution < -0.4 is 0 Å². The quantitative estimate of drug-likeness (QED) is 0.498. The van der Waals surface area contributed by atoms with Crippen LogP contribution in [-0.2, 0) is 12.8 Å². The summed E-state index contributed by atoms with van der Waals surface area (Å²) in [6.07, 6.45) is 1.07. The van der Waals surface area contributed by atoms with Gasteiger partial charge in [0.05, 0.1) is 4.92 Å². The normalized spacial score (nSPS) is 12.1. The first-order chi connectivity index (χ1) is 12.0. The summed E-state index contributed by atoms with van der Waals surface area (Å²) in [5, 5.41) is 15.1. The molecule has 2 heterocycles. The maximum absolute atomic E-state index is 11.3. The Morgan fingerprint density at radius 1 is 1.08 bits per heavy atom. The van der Waals surface area contributed by atoms with Gasteiger partial charge in [0.25, 0.3) is 0 Å². The Morgan fingerprint density at radius 3 is 2.52 bits per heavy atom. The molecule has 0 radical (unpaired) electrons. The summed E-state index contributed by atoms with van der Waals surface area (Å²) < 4.78 is 5.26. The molecule has 3 aromatic rings. The van der Waals surface area contributed by atoms with E-state index in [0.717, 1.165) is 17.0 Å². The van der Waals surface area contributed by atoms with Crippen LogP contribution in [0.3, 0.4) is 0 Å². The first-order valence-electron chi connectivity index (χ1n) is 8.11. The van der Waals surface area contributed by atoms with Gasteiger partial charge in [0.1, 0.15) is 0 Å². The van der Waals surface area contributed by atoms with Crippen LogP contribution >= 0.6 is 0 Å². The molecule has 3 rings (SSSR count). The van der Waals surface area contributed by atoms with Gasteiger partial charge in [0.15, 0.2) is 5.69 Å². The van der Waals surface area contributed by atoms with E-state index in [0.29, 0.717) is 24.3 Å². The van der Waals surface area contributed by atoms with Crippen LogP contribution in [0.5, 0.6) is 0 Å². The number of hydrogen-bond donors (Lipinski definition) is 0. The van der Waals surface area contributed by atoms with Crippen molar-refractivity contribution in [2.24, 2.45) is 0 Å². The highest BCUT2D eigenvalue weighted by Crippen LogP contribution is 2.30. The molecule has 0 saturated heterocycles. The minimum atomic E-state index is -0.422. The SMILES string of the molecule is Cc1cccc(CC(Cc2onc(C)c2[N+](=O)[O-])c2ccccc2)n1. The highest BCUT2D eigenvalue weighted by molar-refractivity contribution is 5.39. The predicted octanol–water partition coefficient (Wildman–Crippen LogP) is 4.16. The van der Waals surface area contributed by atoms with Gasteiger partial charge in [-0.15, -0.1) is 0 Å². The van der Waals surface area contributed by atoms with Crippen LogP contribution in [-0.4, -0.2) is 15.1 Å². The number of aryl methyl sites for hydroxylation is 2. The predicted molar refractivity (Wildman–Crippen MR) is 93.5 cm³/mol.